The summed E-state index contributed by atoms with van der Waals surface area (Å²) in [4.78, 5) is 0. The first-order valence-electron chi connectivity index (χ1n) is 4.44. The van der Waals surface area contributed by atoms with Crippen LogP contribution in [0.4, 0.5) is 0 Å². The quantitative estimate of drug-likeness (QED) is 0.369. The monoisotopic (exact) mass is 154 g/mol. The number of hydrogen-bond acceptors (Lipinski definition) is 2. The summed E-state index contributed by atoms with van der Waals surface area (Å²) in [5, 5.41) is 6.56. The van der Waals surface area contributed by atoms with E-state index >= 15 is 0 Å². The van der Waals surface area contributed by atoms with Gasteiger partial charge in [-0.15, -0.1) is 0 Å². The molecule has 0 aromatic heterocycles. The Hall–Kier alpha value is -0.145. The molecule has 0 radical (unpaired) electrons. The van der Waals surface area contributed by atoms with E-state index in [-0.39, 0.29) is 0 Å². The van der Waals surface area contributed by atoms with Gasteiger partial charge in [0.05, 0.1) is 0 Å². The molecule has 0 amide bonds. The third-order valence-corrected chi connectivity index (χ3v) is 1.50. The van der Waals surface area contributed by atoms with E-state index in [1.54, 1.807) is 0 Å². The van der Waals surface area contributed by atoms with Crippen molar-refractivity contribution < 1.29 is 0 Å². The fourth-order valence-corrected chi connectivity index (χ4v) is 0.881. The maximum absolute atomic E-state index is 3.63. The zero-order valence-electron chi connectivity index (χ0n) is 7.53. The Labute approximate surface area is 70.8 Å². The molecule has 2 N–H and O–H groups in total. The summed E-state index contributed by atoms with van der Waals surface area (Å²) in [6, 6.07) is 0. The Morgan fingerprint density at radius 1 is 1.18 bits per heavy atom. The first-order chi connectivity index (χ1) is 5.41. The third kappa shape index (κ3) is 9.85. The van der Waals surface area contributed by atoms with E-state index in [0.717, 1.165) is 26.2 Å². The van der Waals surface area contributed by atoms with Crippen molar-refractivity contribution >= 4 is 13.5 Å². The Morgan fingerprint density at radius 2 is 1.82 bits per heavy atom. The number of hydrogen-bond donors (Lipinski definition) is 2. The minimum atomic E-state index is 0.932. The second-order valence-electron chi connectivity index (χ2n) is 2.55. The third-order valence-electron chi connectivity index (χ3n) is 1.50. The van der Waals surface area contributed by atoms with Gasteiger partial charge in [0.15, 0.2) is 0 Å². The molecule has 3 heteroatoms. The van der Waals surface area contributed by atoms with Crippen LogP contribution in [0.2, 0.25) is 0 Å². The van der Waals surface area contributed by atoms with Gasteiger partial charge in [0.2, 0.25) is 0 Å². The van der Waals surface area contributed by atoms with Crippen molar-refractivity contribution in [3.05, 3.63) is 0 Å². The zero-order chi connectivity index (χ0) is 8.36. The van der Waals surface area contributed by atoms with E-state index in [9.17, 15) is 0 Å². The van der Waals surface area contributed by atoms with Crippen molar-refractivity contribution in [3.63, 3.8) is 0 Å². The molecule has 64 valence electrons. The van der Waals surface area contributed by atoms with Crippen molar-refractivity contribution in [2.45, 2.75) is 19.8 Å². The maximum atomic E-state index is 3.63. The van der Waals surface area contributed by atoms with E-state index < -0.39 is 0 Å². The molecule has 0 aliphatic heterocycles. The Kier molecular flexibility index (Phi) is 9.72. The summed E-state index contributed by atoms with van der Waals surface area (Å²) in [7, 11) is 3.63. The summed E-state index contributed by atoms with van der Waals surface area (Å²) in [5.41, 5.74) is 0. The second kappa shape index (κ2) is 9.85. The van der Waals surface area contributed by atoms with Gasteiger partial charge < -0.3 is 0 Å². The average molecular weight is 154 g/mol. The number of nitrogens with one attached hydrogen (secondary N) is 2. The van der Waals surface area contributed by atoms with Crippen molar-refractivity contribution in [2.24, 2.45) is 0 Å². The van der Waals surface area contributed by atoms with Gasteiger partial charge in [-0.05, 0) is 0 Å². The Bertz CT molecular complexity index is 86.2. The van der Waals surface area contributed by atoms with Gasteiger partial charge >= 0.3 is 70.0 Å². The molecule has 2 nitrogen and oxygen atoms in total. The summed E-state index contributed by atoms with van der Waals surface area (Å²) in [6.45, 7) is 6.40. The summed E-state index contributed by atoms with van der Waals surface area (Å²) >= 11 is 0. The van der Waals surface area contributed by atoms with Gasteiger partial charge in [-0.2, -0.15) is 0 Å². The topological polar surface area (TPSA) is 24.1 Å². The molecule has 0 fully saturated rings. The minimum absolute atomic E-state index is 0.932. The van der Waals surface area contributed by atoms with E-state index in [2.05, 4.69) is 25.0 Å². The number of unbranched alkanes of at least 4 members (excludes halogenated alkanes) is 1. The molecule has 0 rings (SSSR count). The van der Waals surface area contributed by atoms with Crippen molar-refractivity contribution in [2.75, 3.05) is 26.2 Å². The van der Waals surface area contributed by atoms with E-state index in [0.29, 0.717) is 0 Å². The molecule has 0 heterocycles. The molecule has 0 saturated carbocycles. The predicted molar refractivity (Wildman–Crippen MR) is 53.9 cm³/mol. The molecule has 0 spiro atoms. The second-order valence-corrected chi connectivity index (χ2v) is 2.55. The average Bonchev–Trinajstić information content (AvgIpc) is 2.03. The van der Waals surface area contributed by atoms with Crippen LogP contribution in [0.5, 0.6) is 0 Å². The van der Waals surface area contributed by atoms with Gasteiger partial charge in [0.25, 0.3) is 0 Å². The summed E-state index contributed by atoms with van der Waals surface area (Å²) in [5.74, 6) is 1.89. The first-order valence-corrected chi connectivity index (χ1v) is 4.44. The summed E-state index contributed by atoms with van der Waals surface area (Å²) < 4.78 is 0. The molecule has 0 aliphatic carbocycles. The molecular weight excluding hydrogens is 135 g/mol. The molecule has 0 aromatic carbocycles. The molecule has 11 heavy (non-hydrogen) atoms. The number of rotatable bonds is 8. The summed E-state index contributed by atoms with van der Waals surface area (Å²) in [6.07, 6.45) is 2.51. The fourth-order valence-electron chi connectivity index (χ4n) is 0.881. The molecular formula is C8H19BN2. The van der Waals surface area contributed by atoms with Gasteiger partial charge in [-0.25, -0.2) is 0 Å². The van der Waals surface area contributed by atoms with Crippen LogP contribution in [-0.2, 0) is 0 Å². The molecule has 0 aliphatic rings. The van der Waals surface area contributed by atoms with Crippen LogP contribution in [0.15, 0.2) is 0 Å². The van der Waals surface area contributed by atoms with E-state index in [4.69, 9.17) is 0 Å². The van der Waals surface area contributed by atoms with Crippen LogP contribution in [-0.4, -0.2) is 39.6 Å². The van der Waals surface area contributed by atoms with Crippen LogP contribution < -0.4 is 10.6 Å². The predicted octanol–water partition coefficient (Wildman–Crippen LogP) is -0.331. The van der Waals surface area contributed by atoms with Crippen LogP contribution >= 0.6 is 0 Å². The van der Waals surface area contributed by atoms with Gasteiger partial charge in [0, 0.05) is 0 Å². The molecule has 0 saturated heterocycles. The van der Waals surface area contributed by atoms with Crippen LogP contribution in [0.3, 0.4) is 0 Å². The van der Waals surface area contributed by atoms with Gasteiger partial charge in [0.1, 0.15) is 0 Å². The fraction of sp³-hybridized carbons (Fsp3) is 0.875. The molecule has 0 atom stereocenters. The Balaban J connectivity index is 2.74. The first kappa shape index (κ1) is 10.9. The Morgan fingerprint density at radius 3 is 2.36 bits per heavy atom. The zero-order valence-corrected chi connectivity index (χ0v) is 7.53. The normalized spacial score (nSPS) is 9.82. The van der Waals surface area contributed by atoms with Gasteiger partial charge in [-0.3, -0.25) is 0 Å². The van der Waals surface area contributed by atoms with Gasteiger partial charge in [-0.1, -0.05) is 0 Å². The SMILES string of the molecule is B=CCNCCCCNCC. The molecule has 0 unspecified atom stereocenters. The van der Waals surface area contributed by atoms with E-state index in [1.807, 2.05) is 5.97 Å². The molecule has 0 bridgehead atoms. The van der Waals surface area contributed by atoms with Crippen LogP contribution in [0.25, 0.3) is 0 Å². The molecule has 0 aromatic rings. The van der Waals surface area contributed by atoms with Crippen molar-refractivity contribution in [1.29, 1.82) is 0 Å². The standard InChI is InChI=1S/C8H19BN2/c1-2-10-6-3-4-7-11-8-5-9/h5,9-11H,2-4,6-8H2,1H3. The van der Waals surface area contributed by atoms with E-state index in [1.165, 1.54) is 12.8 Å². The van der Waals surface area contributed by atoms with Crippen LogP contribution in [0.1, 0.15) is 19.8 Å². The van der Waals surface area contributed by atoms with Crippen LogP contribution in [0, 0.1) is 0 Å². The van der Waals surface area contributed by atoms with Crippen molar-refractivity contribution in [1.82, 2.24) is 10.6 Å². The van der Waals surface area contributed by atoms with Crippen molar-refractivity contribution in [3.8, 4) is 0 Å².